The van der Waals surface area contributed by atoms with Gasteiger partial charge >= 0.3 is 0 Å². The number of nitrogens with one attached hydrogen (secondary N) is 1. The normalized spacial score (nSPS) is 13.4. The Morgan fingerprint density at radius 3 is 1.95 bits per heavy atom. The maximum Gasteiger partial charge on any atom is 0.280 e. The minimum absolute atomic E-state index is 0. The Balaban J connectivity index is 0.00000484. The second-order valence-electron chi connectivity index (χ2n) is 9.58. The third-order valence-corrected chi connectivity index (χ3v) is 6.91. The maximum atomic E-state index is 13.0. The molecule has 11 nitrogen and oxygen atoms in total. The first-order valence-electron chi connectivity index (χ1n) is 13.2. The molecule has 0 radical (unpaired) electrons. The third kappa shape index (κ3) is 7.90. The number of methoxy groups -OCH3 is 3. The summed E-state index contributed by atoms with van der Waals surface area (Å²) < 4.78 is 16.6. The van der Waals surface area contributed by atoms with E-state index in [0.29, 0.717) is 41.6 Å². The van der Waals surface area contributed by atoms with Crippen LogP contribution in [0.4, 0.5) is 5.69 Å². The molecule has 1 heterocycles. The average Bonchev–Trinajstić information content (AvgIpc) is 2.98. The zero-order valence-electron chi connectivity index (χ0n) is 24.0. The van der Waals surface area contributed by atoms with Crippen molar-refractivity contribution in [3.8, 4) is 17.2 Å². The fourth-order valence-corrected chi connectivity index (χ4v) is 4.80. The molecule has 42 heavy (non-hydrogen) atoms. The first-order valence-corrected chi connectivity index (χ1v) is 13.2. The van der Waals surface area contributed by atoms with Crippen LogP contribution in [-0.2, 0) is 13.1 Å². The lowest BCUT2D eigenvalue weighted by Gasteiger charge is -2.35. The van der Waals surface area contributed by atoms with Crippen LogP contribution in [0.5, 0.6) is 17.2 Å². The number of nitrogens with zero attached hydrogens (tertiary/aromatic N) is 3. The quantitative estimate of drug-likeness (QED) is 0.237. The topological polar surface area (TPSA) is 145 Å². The first-order chi connectivity index (χ1) is 19.8. The molecule has 0 aliphatic carbocycles. The van der Waals surface area contributed by atoms with Crippen molar-refractivity contribution >= 4 is 35.9 Å². The van der Waals surface area contributed by atoms with E-state index in [9.17, 15) is 9.59 Å². The molecule has 5 N–H and O–H groups in total. The van der Waals surface area contributed by atoms with Crippen LogP contribution in [0.1, 0.15) is 31.8 Å². The van der Waals surface area contributed by atoms with Crippen molar-refractivity contribution in [3.05, 3.63) is 82.9 Å². The van der Waals surface area contributed by atoms with Gasteiger partial charge in [-0.15, -0.1) is 12.4 Å². The Morgan fingerprint density at radius 1 is 0.786 bits per heavy atom. The number of benzene rings is 3. The number of guanidine groups is 1. The molecule has 2 amide bonds. The SMILES string of the molecule is COc1ccc(CN2CCN(Cc3ccc(C(=O)N=C(N)N)cc3NC(=O)c3ccccc3)CC2)c(OC)c1OC.Cl. The smallest absolute Gasteiger partial charge is 0.280 e. The van der Waals surface area contributed by atoms with E-state index in [-0.39, 0.29) is 29.8 Å². The molecule has 0 unspecified atom stereocenters. The van der Waals surface area contributed by atoms with Gasteiger partial charge < -0.3 is 31.0 Å². The van der Waals surface area contributed by atoms with Crippen molar-refractivity contribution < 1.29 is 23.8 Å². The Labute approximate surface area is 251 Å². The maximum absolute atomic E-state index is 13.0. The van der Waals surface area contributed by atoms with Gasteiger partial charge in [-0.1, -0.05) is 30.3 Å². The molecule has 0 spiro atoms. The number of aliphatic imine (C=N–C) groups is 1. The fourth-order valence-electron chi connectivity index (χ4n) is 4.80. The molecule has 0 aromatic heterocycles. The van der Waals surface area contributed by atoms with Crippen LogP contribution >= 0.6 is 12.4 Å². The minimum atomic E-state index is -0.578. The summed E-state index contributed by atoms with van der Waals surface area (Å²) in [5.41, 5.74) is 14.0. The van der Waals surface area contributed by atoms with E-state index >= 15 is 0 Å². The molecular weight excluding hydrogens is 560 g/mol. The number of hydrogen-bond donors (Lipinski definition) is 3. The zero-order valence-corrected chi connectivity index (χ0v) is 24.8. The minimum Gasteiger partial charge on any atom is -0.493 e. The summed E-state index contributed by atoms with van der Waals surface area (Å²) in [5.74, 6) is 0.705. The van der Waals surface area contributed by atoms with E-state index in [1.165, 1.54) is 0 Å². The van der Waals surface area contributed by atoms with Gasteiger partial charge in [0.2, 0.25) is 5.75 Å². The number of carbonyl (C=O) groups excluding carboxylic acids is 2. The summed E-state index contributed by atoms with van der Waals surface area (Å²) in [6, 6.07) is 17.9. The van der Waals surface area contributed by atoms with Crippen LogP contribution in [-0.4, -0.2) is 75.1 Å². The van der Waals surface area contributed by atoms with E-state index < -0.39 is 5.91 Å². The van der Waals surface area contributed by atoms with Crippen LogP contribution < -0.4 is 31.0 Å². The zero-order chi connectivity index (χ0) is 29.4. The number of hydrogen-bond acceptors (Lipinski definition) is 7. The Kier molecular flexibility index (Phi) is 11.5. The lowest BCUT2D eigenvalue weighted by atomic mass is 10.1. The summed E-state index contributed by atoms with van der Waals surface area (Å²) in [4.78, 5) is 33.7. The molecule has 1 aliphatic heterocycles. The highest BCUT2D eigenvalue weighted by atomic mass is 35.5. The van der Waals surface area contributed by atoms with Crippen LogP contribution in [0.3, 0.4) is 0 Å². The average molecular weight is 597 g/mol. The molecule has 3 aromatic rings. The number of halogens is 1. The third-order valence-electron chi connectivity index (χ3n) is 6.91. The van der Waals surface area contributed by atoms with E-state index in [4.69, 9.17) is 25.7 Å². The molecule has 224 valence electrons. The van der Waals surface area contributed by atoms with Crippen molar-refractivity contribution in [3.63, 3.8) is 0 Å². The molecule has 1 fully saturated rings. The monoisotopic (exact) mass is 596 g/mol. The van der Waals surface area contributed by atoms with Crippen molar-refractivity contribution in [1.82, 2.24) is 9.80 Å². The van der Waals surface area contributed by atoms with E-state index in [1.54, 1.807) is 57.7 Å². The molecule has 1 aliphatic rings. The van der Waals surface area contributed by atoms with Crippen molar-refractivity contribution in [2.45, 2.75) is 13.1 Å². The molecule has 0 saturated carbocycles. The molecule has 0 atom stereocenters. The second-order valence-corrected chi connectivity index (χ2v) is 9.58. The van der Waals surface area contributed by atoms with E-state index in [2.05, 4.69) is 20.1 Å². The van der Waals surface area contributed by atoms with Gasteiger partial charge in [0.25, 0.3) is 11.8 Å². The molecule has 12 heteroatoms. The van der Waals surface area contributed by atoms with Gasteiger partial charge in [-0.05, 0) is 35.9 Å². The number of rotatable bonds is 10. The highest BCUT2D eigenvalue weighted by molar-refractivity contribution is 6.06. The van der Waals surface area contributed by atoms with Crippen molar-refractivity contribution in [2.75, 3.05) is 52.8 Å². The molecule has 3 aromatic carbocycles. The Bertz CT molecular complexity index is 1410. The molecule has 0 bridgehead atoms. The first kappa shape index (κ1) is 32.2. The fraction of sp³-hybridized carbons (Fsp3) is 0.300. The standard InChI is InChI=1S/C30H36N6O5.ClH/c1-39-25-12-11-23(26(40-2)27(25)41-3)19-36-15-13-35(14-16-36)18-22-10-9-21(29(38)34-30(31)32)17-24(22)33-28(37)20-7-5-4-6-8-20;/h4-12,17H,13-16,18-19H2,1-3H3,(H,33,37)(H4,31,32,34,38);1H. The number of anilines is 1. The summed E-state index contributed by atoms with van der Waals surface area (Å²) >= 11 is 0. The van der Waals surface area contributed by atoms with Gasteiger partial charge in [0.15, 0.2) is 17.5 Å². The summed E-state index contributed by atoms with van der Waals surface area (Å²) in [6.07, 6.45) is 0. The number of amides is 2. The second kappa shape index (κ2) is 15.1. The van der Waals surface area contributed by atoms with Gasteiger partial charge in [-0.3, -0.25) is 19.4 Å². The van der Waals surface area contributed by atoms with Crippen molar-refractivity contribution in [2.24, 2.45) is 16.5 Å². The Hall–Kier alpha value is -4.32. The number of nitrogens with two attached hydrogens (primary N) is 2. The lowest BCUT2D eigenvalue weighted by molar-refractivity contribution is 0.0998. The predicted octanol–water partition coefficient (Wildman–Crippen LogP) is 3.12. The number of carbonyl (C=O) groups is 2. The van der Waals surface area contributed by atoms with Gasteiger partial charge in [-0.25, -0.2) is 0 Å². The summed E-state index contributed by atoms with van der Waals surface area (Å²) in [5, 5.41) is 2.96. The molecule has 1 saturated heterocycles. The highest BCUT2D eigenvalue weighted by Gasteiger charge is 2.22. The number of piperazine rings is 1. The number of ether oxygens (including phenoxy) is 3. The largest absolute Gasteiger partial charge is 0.493 e. The van der Waals surface area contributed by atoms with Gasteiger partial charge in [0, 0.05) is 61.6 Å². The van der Waals surface area contributed by atoms with Crippen LogP contribution in [0, 0.1) is 0 Å². The van der Waals surface area contributed by atoms with Gasteiger partial charge in [0.05, 0.1) is 21.3 Å². The Morgan fingerprint density at radius 2 is 1.38 bits per heavy atom. The predicted molar refractivity (Wildman–Crippen MR) is 165 cm³/mol. The van der Waals surface area contributed by atoms with E-state index in [1.807, 2.05) is 24.3 Å². The molecule has 4 rings (SSSR count). The molecular formula is C30H37ClN6O5. The summed E-state index contributed by atoms with van der Waals surface area (Å²) in [7, 11) is 4.83. The lowest BCUT2D eigenvalue weighted by Crippen LogP contribution is -2.45. The highest BCUT2D eigenvalue weighted by Crippen LogP contribution is 2.40. The van der Waals surface area contributed by atoms with Gasteiger partial charge in [-0.2, -0.15) is 4.99 Å². The van der Waals surface area contributed by atoms with Crippen LogP contribution in [0.15, 0.2) is 65.7 Å². The van der Waals surface area contributed by atoms with Crippen LogP contribution in [0.25, 0.3) is 0 Å². The summed E-state index contributed by atoms with van der Waals surface area (Å²) in [6.45, 7) is 4.60. The van der Waals surface area contributed by atoms with Crippen LogP contribution in [0.2, 0.25) is 0 Å². The van der Waals surface area contributed by atoms with Crippen molar-refractivity contribution in [1.29, 1.82) is 0 Å². The van der Waals surface area contributed by atoms with E-state index in [0.717, 1.165) is 37.3 Å². The van der Waals surface area contributed by atoms with Gasteiger partial charge in [0.1, 0.15) is 0 Å².